The van der Waals surface area contributed by atoms with Gasteiger partial charge in [0.15, 0.2) is 0 Å². The Morgan fingerprint density at radius 2 is 1.85 bits per heavy atom. The first-order valence-electron chi connectivity index (χ1n) is 7.50. The van der Waals surface area contributed by atoms with Gasteiger partial charge in [-0.2, -0.15) is 0 Å². The summed E-state index contributed by atoms with van der Waals surface area (Å²) >= 11 is 0. The molecule has 4 atom stereocenters. The molecule has 0 radical (unpaired) electrons. The van der Waals surface area contributed by atoms with Crippen molar-refractivity contribution in [1.82, 2.24) is 10.6 Å². The molecule has 0 spiro atoms. The number of nitrogens with two attached hydrogens (primary N) is 1. The van der Waals surface area contributed by atoms with Crippen molar-refractivity contribution in [3.05, 3.63) is 0 Å². The van der Waals surface area contributed by atoms with E-state index in [0.717, 1.165) is 19.3 Å². The van der Waals surface area contributed by atoms with E-state index >= 15 is 0 Å². The Kier molecular flexibility index (Phi) is 5.57. The molecule has 1 fully saturated rings. The smallest absolute Gasteiger partial charge is 0.242 e. The summed E-state index contributed by atoms with van der Waals surface area (Å²) in [5.41, 5.74) is 5.73. The second-order valence-corrected chi connectivity index (χ2v) is 7.03. The van der Waals surface area contributed by atoms with E-state index in [1.807, 2.05) is 27.7 Å². The van der Waals surface area contributed by atoms with Crippen LogP contribution < -0.4 is 16.4 Å². The fourth-order valence-electron chi connectivity index (χ4n) is 2.63. The summed E-state index contributed by atoms with van der Waals surface area (Å²) in [6.07, 6.45) is 2.81. The van der Waals surface area contributed by atoms with Crippen LogP contribution in [0.4, 0.5) is 0 Å². The summed E-state index contributed by atoms with van der Waals surface area (Å²) in [5.74, 6) is -0.118. The molecule has 0 saturated heterocycles. The molecule has 1 aliphatic carbocycles. The Bertz CT molecular complexity index is 363. The molecular formula is C15H29N3O2. The van der Waals surface area contributed by atoms with E-state index in [9.17, 15) is 9.59 Å². The second kappa shape index (κ2) is 6.57. The first-order valence-corrected chi connectivity index (χ1v) is 7.50. The van der Waals surface area contributed by atoms with Gasteiger partial charge in [-0.3, -0.25) is 9.59 Å². The largest absolute Gasteiger partial charge is 0.350 e. The van der Waals surface area contributed by atoms with Gasteiger partial charge in [-0.25, -0.2) is 0 Å². The van der Waals surface area contributed by atoms with Gasteiger partial charge in [-0.05, 0) is 46.5 Å². The molecule has 0 aromatic carbocycles. The third-order valence-corrected chi connectivity index (χ3v) is 3.95. The average molecular weight is 283 g/mol. The van der Waals surface area contributed by atoms with Crippen LogP contribution in [-0.4, -0.2) is 29.4 Å². The third-order valence-electron chi connectivity index (χ3n) is 3.95. The van der Waals surface area contributed by atoms with Crippen LogP contribution >= 0.6 is 0 Å². The van der Waals surface area contributed by atoms with Gasteiger partial charge in [0.05, 0.1) is 0 Å². The van der Waals surface area contributed by atoms with Crippen LogP contribution in [0.2, 0.25) is 0 Å². The summed E-state index contributed by atoms with van der Waals surface area (Å²) in [6.45, 7) is 9.49. The highest BCUT2D eigenvalue weighted by Crippen LogP contribution is 2.29. The van der Waals surface area contributed by atoms with E-state index in [0.29, 0.717) is 0 Å². The van der Waals surface area contributed by atoms with Gasteiger partial charge in [0.25, 0.3) is 0 Å². The number of carbonyl (C=O) groups excluding carboxylic acids is 2. The minimum Gasteiger partial charge on any atom is -0.350 e. The first kappa shape index (κ1) is 17.0. The van der Waals surface area contributed by atoms with Crippen molar-refractivity contribution in [3.63, 3.8) is 0 Å². The standard InChI is InChI=1S/C15H29N3O2/c1-9-11(7-6-8-12(9)16)14(20)17-10(2)13(19)18-15(3,4)5/h9-12H,6-8,16H2,1-5H3,(H,17,20)(H,18,19). The zero-order valence-corrected chi connectivity index (χ0v) is 13.3. The van der Waals surface area contributed by atoms with Crippen LogP contribution in [0, 0.1) is 11.8 Å². The highest BCUT2D eigenvalue weighted by molar-refractivity contribution is 5.88. The van der Waals surface area contributed by atoms with Crippen LogP contribution in [0.15, 0.2) is 0 Å². The lowest BCUT2D eigenvalue weighted by atomic mass is 9.77. The van der Waals surface area contributed by atoms with Crippen molar-refractivity contribution in [1.29, 1.82) is 0 Å². The predicted molar refractivity (Wildman–Crippen MR) is 80.0 cm³/mol. The molecule has 0 aliphatic heterocycles. The predicted octanol–water partition coefficient (Wildman–Crippen LogP) is 1.17. The van der Waals surface area contributed by atoms with Crippen LogP contribution in [-0.2, 0) is 9.59 Å². The van der Waals surface area contributed by atoms with Crippen molar-refractivity contribution in [2.75, 3.05) is 0 Å². The lowest BCUT2D eigenvalue weighted by molar-refractivity contribution is -0.133. The topological polar surface area (TPSA) is 84.2 Å². The summed E-state index contributed by atoms with van der Waals surface area (Å²) in [6, 6.07) is -0.440. The molecule has 5 heteroatoms. The fourth-order valence-corrected chi connectivity index (χ4v) is 2.63. The quantitative estimate of drug-likeness (QED) is 0.727. The minimum atomic E-state index is -0.521. The van der Waals surface area contributed by atoms with Crippen molar-refractivity contribution < 1.29 is 9.59 Å². The number of hydrogen-bond acceptors (Lipinski definition) is 3. The lowest BCUT2D eigenvalue weighted by Crippen LogP contribution is -2.53. The zero-order chi connectivity index (χ0) is 15.5. The molecule has 1 rings (SSSR count). The van der Waals surface area contributed by atoms with E-state index in [-0.39, 0.29) is 35.2 Å². The molecule has 1 saturated carbocycles. The van der Waals surface area contributed by atoms with Crippen molar-refractivity contribution in [3.8, 4) is 0 Å². The van der Waals surface area contributed by atoms with Crippen molar-refractivity contribution in [2.24, 2.45) is 17.6 Å². The fraction of sp³-hybridized carbons (Fsp3) is 0.867. The highest BCUT2D eigenvalue weighted by Gasteiger charge is 2.33. The van der Waals surface area contributed by atoms with Gasteiger partial charge in [0.1, 0.15) is 6.04 Å². The van der Waals surface area contributed by atoms with E-state index in [2.05, 4.69) is 10.6 Å². The summed E-state index contributed by atoms with van der Waals surface area (Å²) in [5, 5.41) is 5.69. The van der Waals surface area contributed by atoms with Gasteiger partial charge >= 0.3 is 0 Å². The van der Waals surface area contributed by atoms with Gasteiger partial charge in [-0.15, -0.1) is 0 Å². The Labute approximate surface area is 122 Å². The van der Waals surface area contributed by atoms with Crippen LogP contribution in [0.1, 0.15) is 53.9 Å². The molecule has 4 unspecified atom stereocenters. The lowest BCUT2D eigenvalue weighted by Gasteiger charge is -2.33. The summed E-state index contributed by atoms with van der Waals surface area (Å²) in [7, 11) is 0. The molecule has 4 N–H and O–H groups in total. The number of carbonyl (C=O) groups is 2. The Balaban J connectivity index is 2.55. The molecule has 0 aromatic heterocycles. The van der Waals surface area contributed by atoms with E-state index in [1.165, 1.54) is 0 Å². The maximum absolute atomic E-state index is 12.3. The van der Waals surface area contributed by atoms with Crippen LogP contribution in [0.3, 0.4) is 0 Å². The molecule has 2 amide bonds. The minimum absolute atomic E-state index is 0.0517. The second-order valence-electron chi connectivity index (χ2n) is 7.03. The SMILES string of the molecule is CC(NC(=O)C1CCCC(N)C1C)C(=O)NC(C)(C)C. The summed E-state index contributed by atoms with van der Waals surface area (Å²) in [4.78, 5) is 24.3. The maximum Gasteiger partial charge on any atom is 0.242 e. The summed E-state index contributed by atoms with van der Waals surface area (Å²) < 4.78 is 0. The van der Waals surface area contributed by atoms with Gasteiger partial charge in [0.2, 0.25) is 11.8 Å². The number of amides is 2. The van der Waals surface area contributed by atoms with Crippen molar-refractivity contribution in [2.45, 2.75) is 71.5 Å². The molecular weight excluding hydrogens is 254 g/mol. The Morgan fingerprint density at radius 3 is 2.40 bits per heavy atom. The third kappa shape index (κ3) is 4.78. The maximum atomic E-state index is 12.3. The van der Waals surface area contributed by atoms with Gasteiger partial charge in [0, 0.05) is 17.5 Å². The Hall–Kier alpha value is -1.10. The normalized spacial score (nSPS) is 28.6. The average Bonchev–Trinajstić information content (AvgIpc) is 2.30. The van der Waals surface area contributed by atoms with Crippen LogP contribution in [0.5, 0.6) is 0 Å². The monoisotopic (exact) mass is 283 g/mol. The van der Waals surface area contributed by atoms with Crippen molar-refractivity contribution >= 4 is 11.8 Å². The number of nitrogens with one attached hydrogen (secondary N) is 2. The molecule has 0 aromatic rings. The number of hydrogen-bond donors (Lipinski definition) is 3. The molecule has 20 heavy (non-hydrogen) atoms. The molecule has 5 nitrogen and oxygen atoms in total. The van der Waals surface area contributed by atoms with E-state index in [1.54, 1.807) is 6.92 Å². The molecule has 116 valence electrons. The number of rotatable bonds is 3. The zero-order valence-electron chi connectivity index (χ0n) is 13.3. The molecule has 1 aliphatic rings. The molecule has 0 heterocycles. The first-order chi connectivity index (χ1) is 9.11. The Morgan fingerprint density at radius 1 is 1.25 bits per heavy atom. The highest BCUT2D eigenvalue weighted by atomic mass is 16.2. The molecule has 0 bridgehead atoms. The van der Waals surface area contributed by atoms with E-state index < -0.39 is 6.04 Å². The van der Waals surface area contributed by atoms with Gasteiger partial charge in [-0.1, -0.05) is 13.3 Å². The van der Waals surface area contributed by atoms with Gasteiger partial charge < -0.3 is 16.4 Å². The van der Waals surface area contributed by atoms with E-state index in [4.69, 9.17) is 5.73 Å². The van der Waals surface area contributed by atoms with Crippen LogP contribution in [0.25, 0.3) is 0 Å².